The average Bonchev–Trinajstić information content (AvgIpc) is 2.68. The van der Waals surface area contributed by atoms with Crippen molar-refractivity contribution in [1.29, 1.82) is 0 Å². The second-order valence-corrected chi connectivity index (χ2v) is 7.04. The minimum absolute atomic E-state index is 0.156. The van der Waals surface area contributed by atoms with Crippen LogP contribution in [0.5, 0.6) is 5.75 Å². The minimum atomic E-state index is -0.368. The van der Waals surface area contributed by atoms with Crippen molar-refractivity contribution in [2.45, 2.75) is 32.2 Å². The number of hydrogen-bond acceptors (Lipinski definition) is 4. The lowest BCUT2D eigenvalue weighted by Crippen LogP contribution is -2.34. The fraction of sp³-hybridized carbons (Fsp3) is 0.333. The van der Waals surface area contributed by atoms with Gasteiger partial charge in [0.05, 0.1) is 25.8 Å². The molecule has 1 aliphatic rings. The van der Waals surface area contributed by atoms with Crippen LogP contribution in [-0.2, 0) is 11.2 Å². The van der Waals surface area contributed by atoms with E-state index in [9.17, 15) is 4.79 Å². The maximum absolute atomic E-state index is 11.8. The van der Waals surface area contributed by atoms with Crippen LogP contribution in [0.1, 0.15) is 45.9 Å². The van der Waals surface area contributed by atoms with Crippen LogP contribution in [0.4, 0.5) is 5.69 Å². The van der Waals surface area contributed by atoms with Crippen LogP contribution in [0.2, 0.25) is 0 Å². The summed E-state index contributed by atoms with van der Waals surface area (Å²) in [6, 6.07) is 11.7. The lowest BCUT2D eigenvalue weighted by Gasteiger charge is -2.28. The largest absolute Gasteiger partial charge is 0.497 e. The summed E-state index contributed by atoms with van der Waals surface area (Å²) >= 11 is 5.53. The summed E-state index contributed by atoms with van der Waals surface area (Å²) in [7, 11) is 3.06. The van der Waals surface area contributed by atoms with E-state index in [1.807, 2.05) is 19.1 Å². The first kappa shape index (κ1) is 19.2. The number of ether oxygens (including phenoxy) is 2. The van der Waals surface area contributed by atoms with E-state index in [0.717, 1.165) is 36.3 Å². The number of rotatable bonds is 4. The molecule has 0 spiro atoms. The zero-order valence-electron chi connectivity index (χ0n) is 15.8. The van der Waals surface area contributed by atoms with Gasteiger partial charge in [-0.25, -0.2) is 4.79 Å². The molecule has 2 N–H and O–H groups in total. The van der Waals surface area contributed by atoms with Crippen LogP contribution in [0.25, 0.3) is 0 Å². The van der Waals surface area contributed by atoms with Crippen molar-refractivity contribution in [3.8, 4) is 5.75 Å². The highest BCUT2D eigenvalue weighted by atomic mass is 32.1. The molecule has 0 bridgehead atoms. The van der Waals surface area contributed by atoms with Gasteiger partial charge in [0.25, 0.3) is 0 Å². The second-order valence-electron chi connectivity index (χ2n) is 6.63. The van der Waals surface area contributed by atoms with Crippen LogP contribution >= 0.6 is 12.2 Å². The van der Waals surface area contributed by atoms with Crippen molar-refractivity contribution in [3.63, 3.8) is 0 Å². The molecule has 1 atom stereocenters. The van der Waals surface area contributed by atoms with Crippen molar-refractivity contribution >= 4 is 29.0 Å². The van der Waals surface area contributed by atoms with Gasteiger partial charge in [-0.15, -0.1) is 0 Å². The number of esters is 1. The lowest BCUT2D eigenvalue weighted by molar-refractivity contribution is 0.0601. The molecule has 0 fully saturated rings. The topological polar surface area (TPSA) is 59.6 Å². The van der Waals surface area contributed by atoms with Crippen LogP contribution in [0.3, 0.4) is 0 Å². The molecule has 0 radical (unpaired) electrons. The molecular formula is C21H24N2O3S. The predicted octanol–water partition coefficient (Wildman–Crippen LogP) is 4.15. The Kier molecular flexibility index (Phi) is 5.96. The van der Waals surface area contributed by atoms with Crippen LogP contribution < -0.4 is 15.4 Å². The number of methoxy groups -OCH3 is 2. The molecule has 142 valence electrons. The molecule has 0 unspecified atom stereocenters. The monoisotopic (exact) mass is 384 g/mol. The number of carbonyl (C=O) groups excluding carboxylic acids is 1. The average molecular weight is 385 g/mol. The molecule has 0 heterocycles. The summed E-state index contributed by atoms with van der Waals surface area (Å²) in [6.45, 7) is 1.97. The van der Waals surface area contributed by atoms with Crippen molar-refractivity contribution in [2.75, 3.05) is 19.5 Å². The second kappa shape index (κ2) is 8.39. The van der Waals surface area contributed by atoms with Gasteiger partial charge in [0, 0.05) is 5.69 Å². The predicted molar refractivity (Wildman–Crippen MR) is 111 cm³/mol. The number of benzene rings is 2. The summed E-state index contributed by atoms with van der Waals surface area (Å²) in [4.78, 5) is 11.8. The summed E-state index contributed by atoms with van der Waals surface area (Å²) in [6.07, 6.45) is 3.16. The van der Waals surface area contributed by atoms with Crippen molar-refractivity contribution in [3.05, 3.63) is 58.7 Å². The molecular weight excluding hydrogens is 360 g/mol. The first-order valence-electron chi connectivity index (χ1n) is 8.95. The summed E-state index contributed by atoms with van der Waals surface area (Å²) in [5.41, 5.74) is 4.83. The van der Waals surface area contributed by atoms with Crippen LogP contribution in [-0.4, -0.2) is 25.3 Å². The maximum atomic E-state index is 11.8. The Balaban J connectivity index is 1.73. The normalized spacial score (nSPS) is 15.4. The third kappa shape index (κ3) is 4.39. The van der Waals surface area contributed by atoms with Gasteiger partial charge in [-0.1, -0.05) is 12.1 Å². The van der Waals surface area contributed by atoms with E-state index in [2.05, 4.69) is 22.8 Å². The van der Waals surface area contributed by atoms with Crippen molar-refractivity contribution < 1.29 is 14.3 Å². The summed E-state index contributed by atoms with van der Waals surface area (Å²) < 4.78 is 10.1. The molecule has 2 aromatic rings. The number of anilines is 1. The Labute approximate surface area is 165 Å². The number of thiocarbonyl (C=S) groups is 1. The third-order valence-electron chi connectivity index (χ3n) is 4.88. The van der Waals surface area contributed by atoms with E-state index >= 15 is 0 Å². The SMILES string of the molecule is COC(=O)c1ccc(C)c(NC(=S)N[C@H]2CCCc3cc(OC)ccc32)c1. The van der Waals surface area contributed by atoms with E-state index in [0.29, 0.717) is 10.7 Å². The Morgan fingerprint density at radius 3 is 2.74 bits per heavy atom. The molecule has 1 aliphatic carbocycles. The summed E-state index contributed by atoms with van der Waals surface area (Å²) in [5, 5.41) is 7.17. The van der Waals surface area contributed by atoms with E-state index in [4.69, 9.17) is 21.7 Å². The van der Waals surface area contributed by atoms with Crippen molar-refractivity contribution in [1.82, 2.24) is 5.32 Å². The third-order valence-corrected chi connectivity index (χ3v) is 5.10. The first-order chi connectivity index (χ1) is 13.0. The van der Waals surface area contributed by atoms with E-state index < -0.39 is 0 Å². The lowest BCUT2D eigenvalue weighted by atomic mass is 9.87. The Morgan fingerprint density at radius 2 is 2.00 bits per heavy atom. The van der Waals surface area contributed by atoms with Gasteiger partial charge in [-0.2, -0.15) is 0 Å². The van der Waals surface area contributed by atoms with Gasteiger partial charge in [0.2, 0.25) is 0 Å². The fourth-order valence-electron chi connectivity index (χ4n) is 3.39. The highest BCUT2D eigenvalue weighted by Gasteiger charge is 2.21. The highest BCUT2D eigenvalue weighted by Crippen LogP contribution is 2.32. The molecule has 0 saturated carbocycles. The van der Waals surface area contributed by atoms with Crippen LogP contribution in [0.15, 0.2) is 36.4 Å². The maximum Gasteiger partial charge on any atom is 0.337 e. The molecule has 6 heteroatoms. The van der Waals surface area contributed by atoms with Gasteiger partial charge in [0.15, 0.2) is 5.11 Å². The molecule has 0 amide bonds. The van der Waals surface area contributed by atoms with E-state index in [1.165, 1.54) is 18.2 Å². The van der Waals surface area contributed by atoms with Gasteiger partial charge in [-0.3, -0.25) is 0 Å². The number of fused-ring (bicyclic) bond motifs is 1. The fourth-order valence-corrected chi connectivity index (χ4v) is 3.64. The smallest absolute Gasteiger partial charge is 0.337 e. The van der Waals surface area contributed by atoms with E-state index in [-0.39, 0.29) is 12.0 Å². The molecule has 3 rings (SSSR count). The zero-order valence-corrected chi connectivity index (χ0v) is 16.6. The number of hydrogen-bond donors (Lipinski definition) is 2. The number of nitrogens with one attached hydrogen (secondary N) is 2. The number of aryl methyl sites for hydroxylation is 2. The zero-order chi connectivity index (χ0) is 19.4. The standard InChI is InChI=1S/C21H24N2O3S/c1-13-7-8-15(20(24)26-3)12-19(13)23-21(27)22-18-6-4-5-14-11-16(25-2)9-10-17(14)18/h7-12,18H,4-6H2,1-3H3,(H2,22,23,27)/t18-/m0/s1. The molecule has 0 aromatic heterocycles. The van der Waals surface area contributed by atoms with E-state index in [1.54, 1.807) is 19.2 Å². The summed E-state index contributed by atoms with van der Waals surface area (Å²) in [5.74, 6) is 0.512. The first-order valence-corrected chi connectivity index (χ1v) is 9.36. The van der Waals surface area contributed by atoms with Gasteiger partial charge < -0.3 is 20.1 Å². The molecule has 0 saturated heterocycles. The Morgan fingerprint density at radius 1 is 1.19 bits per heavy atom. The van der Waals surface area contributed by atoms with Crippen LogP contribution in [0, 0.1) is 6.92 Å². The van der Waals surface area contributed by atoms with Gasteiger partial charge in [0.1, 0.15) is 5.75 Å². The molecule has 0 aliphatic heterocycles. The Bertz CT molecular complexity index is 867. The minimum Gasteiger partial charge on any atom is -0.497 e. The van der Waals surface area contributed by atoms with Gasteiger partial charge >= 0.3 is 5.97 Å². The number of carbonyl (C=O) groups is 1. The quantitative estimate of drug-likeness (QED) is 0.610. The molecule has 5 nitrogen and oxygen atoms in total. The van der Waals surface area contributed by atoms with Gasteiger partial charge in [-0.05, 0) is 79.4 Å². The van der Waals surface area contributed by atoms with Crippen molar-refractivity contribution in [2.24, 2.45) is 0 Å². The molecule has 27 heavy (non-hydrogen) atoms. The molecule has 2 aromatic carbocycles. The Hall–Kier alpha value is -2.60. The highest BCUT2D eigenvalue weighted by molar-refractivity contribution is 7.80.